The predicted octanol–water partition coefficient (Wildman–Crippen LogP) is 2.38. The summed E-state index contributed by atoms with van der Waals surface area (Å²) in [6.45, 7) is 5.82. The molecule has 0 aliphatic carbocycles. The maximum atomic E-state index is 12.6. The number of ether oxygens (including phenoxy) is 1. The van der Waals surface area contributed by atoms with Crippen molar-refractivity contribution >= 4 is 5.91 Å². The van der Waals surface area contributed by atoms with E-state index in [4.69, 9.17) is 10.5 Å². The summed E-state index contributed by atoms with van der Waals surface area (Å²) in [6.07, 6.45) is 1.81. The van der Waals surface area contributed by atoms with Crippen LogP contribution in [0.1, 0.15) is 32.3 Å². The lowest BCUT2D eigenvalue weighted by molar-refractivity contribution is -0.148. The molecule has 0 radical (unpaired) electrons. The van der Waals surface area contributed by atoms with E-state index in [9.17, 15) is 4.79 Å². The van der Waals surface area contributed by atoms with Gasteiger partial charge < -0.3 is 15.4 Å². The van der Waals surface area contributed by atoms with E-state index in [0.717, 1.165) is 24.9 Å². The second-order valence-electron chi connectivity index (χ2n) is 6.01. The van der Waals surface area contributed by atoms with Crippen molar-refractivity contribution in [1.82, 2.24) is 4.90 Å². The highest BCUT2D eigenvalue weighted by Crippen LogP contribution is 2.24. The monoisotopic (exact) mass is 290 g/mol. The maximum absolute atomic E-state index is 12.6. The van der Waals surface area contributed by atoms with Crippen molar-refractivity contribution in [3.63, 3.8) is 0 Å². The number of carbonyl (C=O) groups excluding carboxylic acids is 1. The van der Waals surface area contributed by atoms with E-state index in [-0.39, 0.29) is 24.0 Å². The summed E-state index contributed by atoms with van der Waals surface area (Å²) in [7, 11) is 0. The molecular formula is C17H26N2O2. The van der Waals surface area contributed by atoms with Crippen LogP contribution in [0.25, 0.3) is 0 Å². The van der Waals surface area contributed by atoms with Crippen LogP contribution in [0.15, 0.2) is 30.3 Å². The Morgan fingerprint density at radius 1 is 1.38 bits per heavy atom. The van der Waals surface area contributed by atoms with Crippen LogP contribution >= 0.6 is 0 Å². The van der Waals surface area contributed by atoms with Gasteiger partial charge in [0.1, 0.15) is 6.23 Å². The van der Waals surface area contributed by atoms with E-state index in [0.29, 0.717) is 13.2 Å². The van der Waals surface area contributed by atoms with Crippen LogP contribution in [0.5, 0.6) is 0 Å². The molecule has 1 aliphatic heterocycles. The van der Waals surface area contributed by atoms with Gasteiger partial charge in [-0.05, 0) is 24.3 Å². The molecule has 0 saturated carbocycles. The Morgan fingerprint density at radius 2 is 2.10 bits per heavy atom. The minimum absolute atomic E-state index is 0.106. The zero-order valence-corrected chi connectivity index (χ0v) is 13.0. The summed E-state index contributed by atoms with van der Waals surface area (Å²) in [4.78, 5) is 14.5. The third kappa shape index (κ3) is 4.05. The Morgan fingerprint density at radius 3 is 2.71 bits per heavy atom. The highest BCUT2D eigenvalue weighted by Gasteiger charge is 2.34. The number of amides is 1. The molecule has 21 heavy (non-hydrogen) atoms. The summed E-state index contributed by atoms with van der Waals surface area (Å²) >= 11 is 0. The topological polar surface area (TPSA) is 55.6 Å². The first-order chi connectivity index (χ1) is 10.1. The highest BCUT2D eigenvalue weighted by molar-refractivity contribution is 5.79. The fraction of sp³-hybridized carbons (Fsp3) is 0.588. The first kappa shape index (κ1) is 16.0. The predicted molar refractivity (Wildman–Crippen MR) is 83.3 cm³/mol. The molecule has 1 aliphatic rings. The Labute approximate surface area is 127 Å². The number of nitrogens with two attached hydrogens (primary N) is 1. The van der Waals surface area contributed by atoms with Crippen LogP contribution in [-0.2, 0) is 16.1 Å². The van der Waals surface area contributed by atoms with Crippen LogP contribution in [0.2, 0.25) is 0 Å². The number of nitrogens with zero attached hydrogens (tertiary/aromatic N) is 1. The summed E-state index contributed by atoms with van der Waals surface area (Å²) in [6, 6.07) is 10.1. The number of likely N-dealkylation sites (tertiary alicyclic amines) is 1. The van der Waals surface area contributed by atoms with Gasteiger partial charge in [-0.25, -0.2) is 0 Å². The fourth-order valence-electron chi connectivity index (χ4n) is 2.80. The van der Waals surface area contributed by atoms with Gasteiger partial charge in [-0.15, -0.1) is 0 Å². The van der Waals surface area contributed by atoms with Gasteiger partial charge in [0.2, 0.25) is 5.91 Å². The molecule has 4 nitrogen and oxygen atoms in total. The SMILES string of the molecule is CC(C)[C@@H](CN)C(=O)N1CCC[C@@H]1OCc1ccccc1. The Bertz CT molecular complexity index is 447. The molecule has 0 spiro atoms. The molecular weight excluding hydrogens is 264 g/mol. The van der Waals surface area contributed by atoms with Crippen molar-refractivity contribution in [2.24, 2.45) is 17.6 Å². The van der Waals surface area contributed by atoms with Crippen LogP contribution in [0, 0.1) is 11.8 Å². The molecule has 0 bridgehead atoms. The quantitative estimate of drug-likeness (QED) is 0.875. The zero-order chi connectivity index (χ0) is 15.2. The van der Waals surface area contributed by atoms with E-state index >= 15 is 0 Å². The maximum Gasteiger partial charge on any atom is 0.229 e. The summed E-state index contributed by atoms with van der Waals surface area (Å²) in [5.74, 6) is 0.298. The minimum atomic E-state index is -0.106. The van der Waals surface area contributed by atoms with Crippen LogP contribution in [0.4, 0.5) is 0 Å². The Hall–Kier alpha value is -1.39. The molecule has 0 aromatic heterocycles. The molecule has 1 heterocycles. The Balaban J connectivity index is 1.95. The van der Waals surface area contributed by atoms with Crippen LogP contribution in [-0.4, -0.2) is 30.1 Å². The average molecular weight is 290 g/mol. The molecule has 0 unspecified atom stereocenters. The van der Waals surface area contributed by atoms with E-state index in [1.807, 2.05) is 49.1 Å². The normalized spacial score (nSPS) is 20.0. The molecule has 116 valence electrons. The molecule has 2 rings (SSSR count). The van der Waals surface area contributed by atoms with Gasteiger partial charge in [0.15, 0.2) is 0 Å². The lowest BCUT2D eigenvalue weighted by atomic mass is 9.94. The molecule has 1 saturated heterocycles. The molecule has 1 amide bonds. The summed E-state index contributed by atoms with van der Waals surface area (Å²) in [5, 5.41) is 0. The molecule has 2 atom stereocenters. The zero-order valence-electron chi connectivity index (χ0n) is 13.0. The van der Waals surface area contributed by atoms with Gasteiger partial charge in [0.25, 0.3) is 0 Å². The smallest absolute Gasteiger partial charge is 0.229 e. The van der Waals surface area contributed by atoms with Gasteiger partial charge in [-0.3, -0.25) is 4.79 Å². The largest absolute Gasteiger partial charge is 0.354 e. The second-order valence-corrected chi connectivity index (χ2v) is 6.01. The first-order valence-electron chi connectivity index (χ1n) is 7.79. The fourth-order valence-corrected chi connectivity index (χ4v) is 2.80. The molecule has 4 heteroatoms. The minimum Gasteiger partial charge on any atom is -0.354 e. The van der Waals surface area contributed by atoms with E-state index in [1.54, 1.807) is 0 Å². The number of carbonyl (C=O) groups is 1. The van der Waals surface area contributed by atoms with Gasteiger partial charge >= 0.3 is 0 Å². The van der Waals surface area contributed by atoms with Crippen LogP contribution in [0.3, 0.4) is 0 Å². The lowest BCUT2D eigenvalue weighted by Gasteiger charge is -2.30. The molecule has 1 aromatic rings. The van der Waals surface area contributed by atoms with Gasteiger partial charge in [-0.2, -0.15) is 0 Å². The van der Waals surface area contributed by atoms with Crippen molar-refractivity contribution in [3.8, 4) is 0 Å². The first-order valence-corrected chi connectivity index (χ1v) is 7.79. The molecule has 1 aromatic carbocycles. The van der Waals surface area contributed by atoms with E-state index in [1.165, 1.54) is 0 Å². The van der Waals surface area contributed by atoms with Gasteiger partial charge in [-0.1, -0.05) is 44.2 Å². The molecule has 1 fully saturated rings. The highest BCUT2D eigenvalue weighted by atomic mass is 16.5. The van der Waals surface area contributed by atoms with Crippen LogP contribution < -0.4 is 5.73 Å². The number of hydrogen-bond acceptors (Lipinski definition) is 3. The van der Waals surface area contributed by atoms with Crippen molar-refractivity contribution in [1.29, 1.82) is 0 Å². The summed E-state index contributed by atoms with van der Waals surface area (Å²) in [5.41, 5.74) is 6.90. The third-order valence-corrected chi connectivity index (χ3v) is 4.14. The van der Waals surface area contributed by atoms with Gasteiger partial charge in [0, 0.05) is 13.1 Å². The van der Waals surface area contributed by atoms with Crippen molar-refractivity contribution in [2.75, 3.05) is 13.1 Å². The Kier molecular flexibility index (Phi) is 5.76. The van der Waals surface area contributed by atoms with Crippen molar-refractivity contribution < 1.29 is 9.53 Å². The third-order valence-electron chi connectivity index (χ3n) is 4.14. The number of benzene rings is 1. The van der Waals surface area contributed by atoms with Crippen molar-refractivity contribution in [3.05, 3.63) is 35.9 Å². The van der Waals surface area contributed by atoms with Gasteiger partial charge in [0.05, 0.1) is 12.5 Å². The standard InChI is InChI=1S/C17H26N2O2/c1-13(2)15(11-18)17(20)19-10-6-9-16(19)21-12-14-7-4-3-5-8-14/h3-5,7-8,13,15-16H,6,9-12,18H2,1-2H3/t15-,16+/m1/s1. The van der Waals surface area contributed by atoms with E-state index in [2.05, 4.69) is 0 Å². The number of rotatable bonds is 6. The molecule has 2 N–H and O–H groups in total. The summed E-state index contributed by atoms with van der Waals surface area (Å²) < 4.78 is 5.96. The van der Waals surface area contributed by atoms with Crippen molar-refractivity contribution in [2.45, 2.75) is 39.5 Å². The lowest BCUT2D eigenvalue weighted by Crippen LogP contribution is -2.44. The van der Waals surface area contributed by atoms with E-state index < -0.39 is 0 Å². The number of hydrogen-bond donors (Lipinski definition) is 1. The average Bonchev–Trinajstić information content (AvgIpc) is 2.95. The second kappa shape index (κ2) is 7.57.